The molecule has 104 valence electrons. The van der Waals surface area contributed by atoms with Crippen molar-refractivity contribution in [1.29, 1.82) is 0 Å². The fraction of sp³-hybridized carbons (Fsp3) is 0.533. The van der Waals surface area contributed by atoms with Crippen LogP contribution in [-0.2, 0) is 0 Å². The zero-order chi connectivity index (χ0) is 13.9. The maximum Gasteiger partial charge on any atom is 0.172 e. The summed E-state index contributed by atoms with van der Waals surface area (Å²) < 4.78 is 19.0. The van der Waals surface area contributed by atoms with Crippen LogP contribution >= 0.6 is 0 Å². The summed E-state index contributed by atoms with van der Waals surface area (Å²) in [6.07, 6.45) is 2.29. The highest BCUT2D eigenvalue weighted by molar-refractivity contribution is 6.01. The zero-order valence-corrected chi connectivity index (χ0v) is 11.5. The average molecular weight is 265 g/mol. The molecule has 0 amide bonds. The molecule has 1 heterocycles. The van der Waals surface area contributed by atoms with E-state index in [1.54, 1.807) is 6.07 Å². The molecule has 0 bridgehead atoms. The number of hydrogen-bond acceptors (Lipinski definition) is 3. The smallest absolute Gasteiger partial charge is 0.172 e. The Balaban J connectivity index is 2.32. The molecule has 0 atom stereocenters. The van der Waals surface area contributed by atoms with Crippen LogP contribution in [0.25, 0.3) is 0 Å². The molecule has 19 heavy (non-hydrogen) atoms. The summed E-state index contributed by atoms with van der Waals surface area (Å²) in [5, 5.41) is 3.25. The number of ether oxygens (including phenoxy) is 1. The first-order valence-corrected chi connectivity index (χ1v) is 6.72. The Morgan fingerprint density at radius 1 is 1.42 bits per heavy atom. The van der Waals surface area contributed by atoms with Gasteiger partial charge in [0.15, 0.2) is 5.78 Å². The van der Waals surface area contributed by atoms with Crippen molar-refractivity contribution in [1.82, 2.24) is 5.32 Å². The Bertz CT molecular complexity index is 467. The highest BCUT2D eigenvalue weighted by Crippen LogP contribution is 2.37. The molecule has 0 saturated carbocycles. The number of hydrogen-bond donors (Lipinski definition) is 1. The van der Waals surface area contributed by atoms with Crippen LogP contribution in [-0.4, -0.2) is 26.0 Å². The largest absolute Gasteiger partial charge is 0.497 e. The molecule has 1 saturated heterocycles. The van der Waals surface area contributed by atoms with E-state index in [0.29, 0.717) is 5.75 Å². The predicted octanol–water partition coefficient (Wildman–Crippen LogP) is 2.80. The van der Waals surface area contributed by atoms with Gasteiger partial charge in [0.05, 0.1) is 12.7 Å². The lowest BCUT2D eigenvalue weighted by molar-refractivity contribution is 0.0713. The molecular formula is C15H20FNO2. The third-order valence-corrected chi connectivity index (χ3v) is 4.14. The molecule has 4 heteroatoms. The van der Waals surface area contributed by atoms with Gasteiger partial charge in [0.2, 0.25) is 0 Å². The number of halogens is 1. The molecule has 0 aromatic heterocycles. The topological polar surface area (TPSA) is 38.3 Å². The first kappa shape index (κ1) is 14.0. The quantitative estimate of drug-likeness (QED) is 0.851. The monoisotopic (exact) mass is 265 g/mol. The molecule has 1 aliphatic rings. The number of piperidine rings is 1. The second-order valence-corrected chi connectivity index (χ2v) is 5.06. The fourth-order valence-corrected chi connectivity index (χ4v) is 2.74. The van der Waals surface area contributed by atoms with E-state index in [2.05, 4.69) is 5.32 Å². The Hall–Kier alpha value is -1.42. The first-order chi connectivity index (χ1) is 9.13. The molecule has 0 aliphatic carbocycles. The van der Waals surface area contributed by atoms with Crippen molar-refractivity contribution >= 4 is 5.78 Å². The minimum Gasteiger partial charge on any atom is -0.497 e. The number of carbonyl (C=O) groups excluding carboxylic acids is 1. The van der Waals surface area contributed by atoms with Crippen LogP contribution in [0.1, 0.15) is 36.5 Å². The van der Waals surface area contributed by atoms with Gasteiger partial charge < -0.3 is 10.1 Å². The van der Waals surface area contributed by atoms with Crippen molar-refractivity contribution in [3.63, 3.8) is 0 Å². The molecular weight excluding hydrogens is 245 g/mol. The highest BCUT2D eigenvalue weighted by Gasteiger charge is 2.39. The van der Waals surface area contributed by atoms with E-state index in [1.165, 1.54) is 19.2 Å². The number of Topliss-reactive ketones (excluding diaryl/α,β-unsaturated/α-hetero) is 1. The fourth-order valence-electron chi connectivity index (χ4n) is 2.74. The van der Waals surface area contributed by atoms with E-state index in [1.807, 2.05) is 6.92 Å². The van der Waals surface area contributed by atoms with Gasteiger partial charge in [0.25, 0.3) is 0 Å². The van der Waals surface area contributed by atoms with Gasteiger partial charge >= 0.3 is 0 Å². The van der Waals surface area contributed by atoms with Crippen LogP contribution in [0.3, 0.4) is 0 Å². The van der Waals surface area contributed by atoms with E-state index in [9.17, 15) is 9.18 Å². The van der Waals surface area contributed by atoms with Gasteiger partial charge in [-0.15, -0.1) is 0 Å². The summed E-state index contributed by atoms with van der Waals surface area (Å²) >= 11 is 0. The van der Waals surface area contributed by atoms with Crippen LogP contribution in [0.5, 0.6) is 5.75 Å². The lowest BCUT2D eigenvalue weighted by Crippen LogP contribution is -2.42. The van der Waals surface area contributed by atoms with Gasteiger partial charge in [-0.2, -0.15) is 0 Å². The highest BCUT2D eigenvalue weighted by atomic mass is 19.1. The third kappa shape index (κ3) is 2.63. The number of rotatable bonds is 4. The van der Waals surface area contributed by atoms with Gasteiger partial charge in [-0.3, -0.25) is 4.79 Å². The molecule has 0 spiro atoms. The van der Waals surface area contributed by atoms with Gasteiger partial charge in [0, 0.05) is 11.5 Å². The molecule has 0 radical (unpaired) electrons. The second kappa shape index (κ2) is 5.70. The van der Waals surface area contributed by atoms with Gasteiger partial charge in [-0.1, -0.05) is 6.92 Å². The van der Waals surface area contributed by atoms with E-state index < -0.39 is 11.2 Å². The summed E-state index contributed by atoms with van der Waals surface area (Å²) in [5.41, 5.74) is -0.231. The predicted molar refractivity (Wildman–Crippen MR) is 72.1 cm³/mol. The maximum atomic E-state index is 14.0. The van der Waals surface area contributed by atoms with Crippen molar-refractivity contribution in [2.45, 2.75) is 26.2 Å². The maximum absolute atomic E-state index is 14.0. The van der Waals surface area contributed by atoms with Crippen LogP contribution in [0.15, 0.2) is 18.2 Å². The number of ketones is 1. The van der Waals surface area contributed by atoms with Crippen LogP contribution in [0, 0.1) is 11.2 Å². The molecule has 1 aliphatic heterocycles. The van der Waals surface area contributed by atoms with Crippen molar-refractivity contribution in [3.8, 4) is 5.75 Å². The lowest BCUT2D eigenvalue weighted by atomic mass is 9.71. The number of methoxy groups -OCH3 is 1. The summed E-state index contributed by atoms with van der Waals surface area (Å²) in [7, 11) is 1.48. The molecule has 3 nitrogen and oxygen atoms in total. The number of nitrogens with one attached hydrogen (secondary N) is 1. The van der Waals surface area contributed by atoms with Crippen LogP contribution in [0.2, 0.25) is 0 Å². The summed E-state index contributed by atoms with van der Waals surface area (Å²) in [6, 6.07) is 4.45. The van der Waals surface area contributed by atoms with E-state index in [4.69, 9.17) is 4.74 Å². The molecule has 1 aromatic rings. The number of benzene rings is 1. The Morgan fingerprint density at radius 3 is 2.63 bits per heavy atom. The minimum atomic E-state index is -0.490. The van der Waals surface area contributed by atoms with E-state index >= 15 is 0 Å². The molecule has 1 fully saturated rings. The Morgan fingerprint density at radius 2 is 2.11 bits per heavy atom. The minimum absolute atomic E-state index is 0.0725. The average Bonchev–Trinajstić information content (AvgIpc) is 2.47. The van der Waals surface area contributed by atoms with E-state index in [-0.39, 0.29) is 11.3 Å². The summed E-state index contributed by atoms with van der Waals surface area (Å²) in [6.45, 7) is 3.64. The van der Waals surface area contributed by atoms with Crippen molar-refractivity contribution in [2.75, 3.05) is 20.2 Å². The number of carbonyl (C=O) groups is 1. The van der Waals surface area contributed by atoms with Crippen LogP contribution in [0.4, 0.5) is 4.39 Å². The van der Waals surface area contributed by atoms with Crippen molar-refractivity contribution in [3.05, 3.63) is 29.6 Å². The zero-order valence-electron chi connectivity index (χ0n) is 11.5. The van der Waals surface area contributed by atoms with Crippen LogP contribution < -0.4 is 10.1 Å². The Labute approximate surface area is 113 Å². The molecule has 2 rings (SSSR count). The van der Waals surface area contributed by atoms with E-state index in [0.717, 1.165) is 32.4 Å². The summed E-state index contributed by atoms with van der Waals surface area (Å²) in [4.78, 5) is 12.7. The van der Waals surface area contributed by atoms with Crippen molar-refractivity contribution in [2.24, 2.45) is 5.41 Å². The molecule has 1 N–H and O–H groups in total. The molecule has 1 aromatic carbocycles. The van der Waals surface area contributed by atoms with Gasteiger partial charge in [-0.25, -0.2) is 4.39 Å². The van der Waals surface area contributed by atoms with Crippen molar-refractivity contribution < 1.29 is 13.9 Å². The van der Waals surface area contributed by atoms with Gasteiger partial charge in [0.1, 0.15) is 11.6 Å². The first-order valence-electron chi connectivity index (χ1n) is 6.72. The SMILES string of the molecule is CCC1(C(=O)c2ccc(OC)cc2F)CCNCC1. The molecule has 0 unspecified atom stereocenters. The lowest BCUT2D eigenvalue weighted by Gasteiger charge is -2.35. The Kier molecular flexibility index (Phi) is 4.20. The standard InChI is InChI=1S/C15H20FNO2/c1-3-15(6-8-17-9-7-15)14(18)12-5-4-11(19-2)10-13(12)16/h4-5,10,17H,3,6-9H2,1-2H3. The normalized spacial score (nSPS) is 18.1. The second-order valence-electron chi connectivity index (χ2n) is 5.06. The summed E-state index contributed by atoms with van der Waals surface area (Å²) in [5.74, 6) is -0.128. The van der Waals surface area contributed by atoms with Gasteiger partial charge in [-0.05, 0) is 44.5 Å². The third-order valence-electron chi connectivity index (χ3n) is 4.14.